The van der Waals surface area contributed by atoms with Crippen molar-refractivity contribution in [3.05, 3.63) is 28.8 Å². The Kier molecular flexibility index (Phi) is 2.97. The van der Waals surface area contributed by atoms with Gasteiger partial charge in [0.2, 0.25) is 0 Å². The van der Waals surface area contributed by atoms with E-state index in [2.05, 4.69) is 4.98 Å². The first-order valence-electron chi connectivity index (χ1n) is 4.82. The molecule has 2 heterocycles. The number of aromatic nitrogens is 1. The molecule has 7 heteroatoms. The second-order valence-electron chi connectivity index (χ2n) is 3.74. The van der Waals surface area contributed by atoms with Crippen LogP contribution in [0.4, 0.5) is 4.39 Å². The van der Waals surface area contributed by atoms with E-state index in [1.165, 1.54) is 4.90 Å². The number of carbonyl (C=O) groups is 2. The van der Waals surface area contributed by atoms with E-state index in [9.17, 15) is 14.0 Å². The summed E-state index contributed by atoms with van der Waals surface area (Å²) in [6.45, 7) is 0.224. The zero-order valence-corrected chi connectivity index (χ0v) is 9.32. The highest BCUT2D eigenvalue weighted by Gasteiger charge is 2.36. The fourth-order valence-corrected chi connectivity index (χ4v) is 1.73. The van der Waals surface area contributed by atoms with Crippen molar-refractivity contribution < 1.29 is 19.1 Å². The third kappa shape index (κ3) is 2.21. The van der Waals surface area contributed by atoms with Gasteiger partial charge in [0, 0.05) is 13.1 Å². The third-order valence-corrected chi connectivity index (χ3v) is 2.86. The number of pyridine rings is 1. The van der Waals surface area contributed by atoms with Crippen LogP contribution in [-0.2, 0) is 4.79 Å². The van der Waals surface area contributed by atoms with Gasteiger partial charge in [-0.2, -0.15) is 0 Å². The molecule has 1 amide bonds. The minimum atomic E-state index is -0.947. The Bertz CT molecular complexity index is 488. The summed E-state index contributed by atoms with van der Waals surface area (Å²) in [4.78, 5) is 27.2. The molecule has 0 radical (unpaired) electrons. The van der Waals surface area contributed by atoms with Crippen molar-refractivity contribution in [2.45, 2.75) is 0 Å². The molecular formula is C10H8ClFN2O3. The van der Waals surface area contributed by atoms with E-state index in [4.69, 9.17) is 16.7 Å². The van der Waals surface area contributed by atoms with Crippen LogP contribution < -0.4 is 0 Å². The van der Waals surface area contributed by atoms with Gasteiger partial charge in [-0.05, 0) is 6.07 Å². The SMILES string of the molecule is O=C(O)C1CN(C(=O)c2cc(F)cnc2Cl)C1. The van der Waals surface area contributed by atoms with Crippen molar-refractivity contribution in [1.29, 1.82) is 0 Å². The molecule has 1 saturated heterocycles. The van der Waals surface area contributed by atoms with Crippen LogP contribution in [0.2, 0.25) is 5.15 Å². The number of likely N-dealkylation sites (tertiary alicyclic amines) is 1. The molecular weight excluding hydrogens is 251 g/mol. The topological polar surface area (TPSA) is 70.5 Å². The molecule has 0 aromatic carbocycles. The standard InChI is InChI=1S/C10H8ClFN2O3/c11-8-7(1-6(12)2-13-8)9(15)14-3-5(4-14)10(16)17/h1-2,5H,3-4H2,(H,16,17). The summed E-state index contributed by atoms with van der Waals surface area (Å²) in [7, 11) is 0. The fourth-order valence-electron chi connectivity index (χ4n) is 1.54. The lowest BCUT2D eigenvalue weighted by Crippen LogP contribution is -2.53. The van der Waals surface area contributed by atoms with Gasteiger partial charge >= 0.3 is 5.97 Å². The van der Waals surface area contributed by atoms with Crippen LogP contribution in [-0.4, -0.2) is 40.0 Å². The molecule has 90 valence electrons. The number of nitrogens with zero attached hydrogens (tertiary/aromatic N) is 2. The Morgan fingerprint density at radius 2 is 2.18 bits per heavy atom. The molecule has 1 fully saturated rings. The largest absolute Gasteiger partial charge is 0.481 e. The minimum Gasteiger partial charge on any atom is -0.481 e. The zero-order valence-electron chi connectivity index (χ0n) is 8.56. The highest BCUT2D eigenvalue weighted by molar-refractivity contribution is 6.32. The number of carboxylic acid groups (broad SMARTS) is 1. The van der Waals surface area contributed by atoms with Crippen LogP contribution >= 0.6 is 11.6 Å². The Morgan fingerprint density at radius 1 is 1.53 bits per heavy atom. The first-order valence-corrected chi connectivity index (χ1v) is 5.20. The second-order valence-corrected chi connectivity index (χ2v) is 4.10. The van der Waals surface area contributed by atoms with E-state index in [-0.39, 0.29) is 23.8 Å². The Labute approximate surface area is 101 Å². The average Bonchev–Trinajstić information content (AvgIpc) is 2.18. The molecule has 0 spiro atoms. The van der Waals surface area contributed by atoms with Crippen LogP contribution in [0.15, 0.2) is 12.3 Å². The Hall–Kier alpha value is -1.69. The molecule has 1 aromatic heterocycles. The first-order chi connectivity index (χ1) is 7.99. The molecule has 0 saturated carbocycles. The molecule has 1 aliphatic heterocycles. The smallest absolute Gasteiger partial charge is 0.310 e. The molecule has 0 unspecified atom stereocenters. The summed E-state index contributed by atoms with van der Waals surface area (Å²) in [5.74, 6) is -2.66. The van der Waals surface area contributed by atoms with E-state index in [0.29, 0.717) is 0 Å². The van der Waals surface area contributed by atoms with Gasteiger partial charge in [0.1, 0.15) is 11.0 Å². The number of rotatable bonds is 2. The lowest BCUT2D eigenvalue weighted by molar-refractivity contribution is -0.146. The van der Waals surface area contributed by atoms with E-state index < -0.39 is 23.6 Å². The molecule has 1 aliphatic rings. The van der Waals surface area contributed by atoms with Gasteiger partial charge < -0.3 is 10.0 Å². The molecule has 1 aromatic rings. The predicted octanol–water partition coefficient (Wildman–Crippen LogP) is 1.03. The maximum Gasteiger partial charge on any atom is 0.310 e. The molecule has 0 atom stereocenters. The van der Waals surface area contributed by atoms with E-state index in [1.54, 1.807) is 0 Å². The number of hydrogen-bond acceptors (Lipinski definition) is 3. The van der Waals surface area contributed by atoms with Gasteiger partial charge in [0.05, 0.1) is 17.7 Å². The fraction of sp³-hybridized carbons (Fsp3) is 0.300. The Balaban J connectivity index is 2.11. The zero-order chi connectivity index (χ0) is 12.6. The van der Waals surface area contributed by atoms with Crippen molar-refractivity contribution in [3.63, 3.8) is 0 Å². The number of carboxylic acids is 1. The van der Waals surface area contributed by atoms with Gasteiger partial charge in [0.25, 0.3) is 5.91 Å². The van der Waals surface area contributed by atoms with Crippen molar-refractivity contribution in [2.24, 2.45) is 5.92 Å². The second kappa shape index (κ2) is 4.29. The molecule has 0 aliphatic carbocycles. The maximum absolute atomic E-state index is 12.9. The highest BCUT2D eigenvalue weighted by Crippen LogP contribution is 2.22. The minimum absolute atomic E-state index is 0.0458. The van der Waals surface area contributed by atoms with E-state index in [1.807, 2.05) is 0 Å². The van der Waals surface area contributed by atoms with Gasteiger partial charge in [-0.3, -0.25) is 9.59 Å². The van der Waals surface area contributed by atoms with Gasteiger partial charge in [-0.1, -0.05) is 11.6 Å². The lowest BCUT2D eigenvalue weighted by atomic mass is 9.99. The monoisotopic (exact) mass is 258 g/mol. The number of halogens is 2. The number of aliphatic carboxylic acids is 1. The van der Waals surface area contributed by atoms with E-state index in [0.717, 1.165) is 12.3 Å². The molecule has 2 rings (SSSR count). The van der Waals surface area contributed by atoms with Gasteiger partial charge in [-0.25, -0.2) is 9.37 Å². The highest BCUT2D eigenvalue weighted by atomic mass is 35.5. The van der Waals surface area contributed by atoms with Crippen molar-refractivity contribution in [2.75, 3.05) is 13.1 Å². The molecule has 5 nitrogen and oxygen atoms in total. The number of hydrogen-bond donors (Lipinski definition) is 1. The van der Waals surface area contributed by atoms with Crippen molar-refractivity contribution >= 4 is 23.5 Å². The van der Waals surface area contributed by atoms with Crippen molar-refractivity contribution in [3.8, 4) is 0 Å². The molecule has 17 heavy (non-hydrogen) atoms. The predicted molar refractivity (Wildman–Crippen MR) is 56.2 cm³/mol. The third-order valence-electron chi connectivity index (χ3n) is 2.55. The van der Waals surface area contributed by atoms with Crippen LogP contribution in [0.5, 0.6) is 0 Å². The normalized spacial score (nSPS) is 15.5. The average molecular weight is 259 g/mol. The quantitative estimate of drug-likeness (QED) is 0.805. The summed E-state index contributed by atoms with van der Waals surface area (Å²) in [5, 5.41) is 8.58. The van der Waals surface area contributed by atoms with Crippen LogP contribution in [0.1, 0.15) is 10.4 Å². The number of amides is 1. The van der Waals surface area contributed by atoms with Crippen LogP contribution in [0, 0.1) is 11.7 Å². The summed E-state index contributed by atoms with van der Waals surface area (Å²) >= 11 is 5.67. The molecule has 0 bridgehead atoms. The molecule has 1 N–H and O–H groups in total. The van der Waals surface area contributed by atoms with Crippen molar-refractivity contribution in [1.82, 2.24) is 9.88 Å². The van der Waals surface area contributed by atoms with Gasteiger partial charge in [-0.15, -0.1) is 0 Å². The maximum atomic E-state index is 12.9. The van der Waals surface area contributed by atoms with Crippen LogP contribution in [0.3, 0.4) is 0 Å². The summed E-state index contributed by atoms with van der Waals surface area (Å²) in [5.41, 5.74) is -0.0458. The number of carbonyl (C=O) groups excluding carboxylic acids is 1. The lowest BCUT2D eigenvalue weighted by Gasteiger charge is -2.36. The Morgan fingerprint density at radius 3 is 2.76 bits per heavy atom. The summed E-state index contributed by atoms with van der Waals surface area (Å²) < 4.78 is 12.9. The summed E-state index contributed by atoms with van der Waals surface area (Å²) in [6.07, 6.45) is 0.912. The van der Waals surface area contributed by atoms with Crippen LogP contribution in [0.25, 0.3) is 0 Å². The summed E-state index contributed by atoms with van der Waals surface area (Å²) in [6, 6.07) is 0.992. The van der Waals surface area contributed by atoms with Gasteiger partial charge in [0.15, 0.2) is 0 Å². The first kappa shape index (κ1) is 11.8. The van der Waals surface area contributed by atoms with E-state index >= 15 is 0 Å².